The zero-order valence-electron chi connectivity index (χ0n) is 15.6. The van der Waals surface area contributed by atoms with Crippen molar-refractivity contribution in [1.82, 2.24) is 5.32 Å². The van der Waals surface area contributed by atoms with Crippen molar-refractivity contribution in [2.45, 2.75) is 33.2 Å². The number of benzene rings is 2. The second kappa shape index (κ2) is 8.56. The molecule has 25 heavy (non-hydrogen) atoms. The number of carbonyl (C=O) groups excluding carboxylic acids is 1. The van der Waals surface area contributed by atoms with Gasteiger partial charge in [0, 0.05) is 5.56 Å². The molecule has 4 heteroatoms. The van der Waals surface area contributed by atoms with Gasteiger partial charge in [-0.25, -0.2) is 0 Å². The molecule has 134 valence electrons. The van der Waals surface area contributed by atoms with Crippen LogP contribution in [-0.4, -0.2) is 20.1 Å². The molecule has 0 saturated heterocycles. The van der Waals surface area contributed by atoms with Gasteiger partial charge in [0.1, 0.15) is 0 Å². The Kier molecular flexibility index (Phi) is 6.45. The molecule has 0 heterocycles. The fraction of sp³-hybridized carbons (Fsp3) is 0.381. The molecule has 0 aliphatic rings. The molecule has 1 amide bonds. The summed E-state index contributed by atoms with van der Waals surface area (Å²) < 4.78 is 10.5. The van der Waals surface area contributed by atoms with Gasteiger partial charge in [-0.15, -0.1) is 0 Å². The van der Waals surface area contributed by atoms with Crippen LogP contribution in [0.3, 0.4) is 0 Å². The van der Waals surface area contributed by atoms with Gasteiger partial charge in [-0.1, -0.05) is 38.1 Å². The molecule has 0 fully saturated rings. The van der Waals surface area contributed by atoms with Crippen LogP contribution in [0.25, 0.3) is 0 Å². The maximum absolute atomic E-state index is 12.5. The monoisotopic (exact) mass is 341 g/mol. The number of rotatable bonds is 7. The van der Waals surface area contributed by atoms with Crippen molar-refractivity contribution < 1.29 is 14.3 Å². The lowest BCUT2D eigenvalue weighted by molar-refractivity contribution is 0.0939. The number of amides is 1. The molecule has 0 aromatic heterocycles. The first-order chi connectivity index (χ1) is 11.9. The van der Waals surface area contributed by atoms with Gasteiger partial charge in [0.2, 0.25) is 0 Å². The molecule has 0 bridgehead atoms. The SMILES string of the molecule is COc1ccc(C(=O)N[C@H](C)c2ccc(CC(C)C)cc2)cc1OC. The molecule has 0 aliphatic carbocycles. The molecule has 2 aromatic rings. The van der Waals surface area contributed by atoms with E-state index in [1.54, 1.807) is 32.4 Å². The van der Waals surface area contributed by atoms with Crippen molar-refractivity contribution in [1.29, 1.82) is 0 Å². The number of methoxy groups -OCH3 is 2. The minimum atomic E-state index is -0.139. The van der Waals surface area contributed by atoms with E-state index in [0.29, 0.717) is 23.0 Å². The lowest BCUT2D eigenvalue weighted by atomic mass is 10.00. The van der Waals surface area contributed by atoms with E-state index >= 15 is 0 Å². The van der Waals surface area contributed by atoms with Crippen LogP contribution in [0, 0.1) is 5.92 Å². The van der Waals surface area contributed by atoms with Gasteiger partial charge in [-0.3, -0.25) is 4.79 Å². The summed E-state index contributed by atoms with van der Waals surface area (Å²) in [6, 6.07) is 13.5. The number of hydrogen-bond acceptors (Lipinski definition) is 3. The molecule has 1 N–H and O–H groups in total. The van der Waals surface area contributed by atoms with E-state index in [0.717, 1.165) is 12.0 Å². The van der Waals surface area contributed by atoms with Gasteiger partial charge < -0.3 is 14.8 Å². The molecule has 2 rings (SSSR count). The Morgan fingerprint density at radius 3 is 2.16 bits per heavy atom. The van der Waals surface area contributed by atoms with E-state index in [2.05, 4.69) is 43.4 Å². The van der Waals surface area contributed by atoms with Gasteiger partial charge >= 0.3 is 0 Å². The maximum atomic E-state index is 12.5. The Hall–Kier alpha value is -2.49. The Morgan fingerprint density at radius 1 is 0.960 bits per heavy atom. The zero-order chi connectivity index (χ0) is 18.4. The second-order valence-corrected chi connectivity index (χ2v) is 6.60. The van der Waals surface area contributed by atoms with Gasteiger partial charge in [0.25, 0.3) is 5.91 Å². The summed E-state index contributed by atoms with van der Waals surface area (Å²) in [7, 11) is 3.13. The highest BCUT2D eigenvalue weighted by Gasteiger charge is 2.14. The van der Waals surface area contributed by atoms with Crippen molar-refractivity contribution in [3.8, 4) is 11.5 Å². The smallest absolute Gasteiger partial charge is 0.251 e. The predicted molar refractivity (Wildman–Crippen MR) is 100 cm³/mol. The van der Waals surface area contributed by atoms with Crippen LogP contribution >= 0.6 is 0 Å². The predicted octanol–water partition coefficient (Wildman–Crippen LogP) is 4.39. The largest absolute Gasteiger partial charge is 0.493 e. The van der Waals surface area contributed by atoms with Gasteiger partial charge in [-0.2, -0.15) is 0 Å². The molecule has 0 spiro atoms. The van der Waals surface area contributed by atoms with Gasteiger partial charge in [0.05, 0.1) is 20.3 Å². The van der Waals surface area contributed by atoms with Gasteiger partial charge in [0.15, 0.2) is 11.5 Å². The van der Waals surface area contributed by atoms with Crippen LogP contribution in [-0.2, 0) is 6.42 Å². The summed E-state index contributed by atoms with van der Waals surface area (Å²) in [6.07, 6.45) is 1.06. The quantitative estimate of drug-likeness (QED) is 0.812. The Labute approximate surface area is 150 Å². The third kappa shape index (κ3) is 4.99. The maximum Gasteiger partial charge on any atom is 0.251 e. The standard InChI is InChI=1S/C21H27NO3/c1-14(2)12-16-6-8-17(9-7-16)15(3)22-21(23)18-10-11-19(24-4)20(13-18)25-5/h6-11,13-15H,12H2,1-5H3,(H,22,23)/t15-/m1/s1. The van der Waals surface area contributed by atoms with Crippen LogP contribution in [0.5, 0.6) is 11.5 Å². The fourth-order valence-electron chi connectivity index (χ4n) is 2.75. The molecule has 4 nitrogen and oxygen atoms in total. The topological polar surface area (TPSA) is 47.6 Å². The lowest BCUT2D eigenvalue weighted by Gasteiger charge is -2.16. The summed E-state index contributed by atoms with van der Waals surface area (Å²) in [5.74, 6) is 1.64. The number of hydrogen-bond donors (Lipinski definition) is 1. The Morgan fingerprint density at radius 2 is 1.60 bits per heavy atom. The summed E-state index contributed by atoms with van der Waals surface area (Å²) >= 11 is 0. The van der Waals surface area contributed by atoms with Crippen LogP contribution in [0.1, 0.15) is 48.3 Å². The van der Waals surface area contributed by atoms with E-state index in [-0.39, 0.29) is 11.9 Å². The normalized spacial score (nSPS) is 11.9. The highest BCUT2D eigenvalue weighted by atomic mass is 16.5. The van der Waals surface area contributed by atoms with Crippen molar-refractivity contribution in [3.05, 3.63) is 59.2 Å². The van der Waals surface area contributed by atoms with E-state index in [1.807, 2.05) is 6.92 Å². The van der Waals surface area contributed by atoms with Crippen molar-refractivity contribution >= 4 is 5.91 Å². The summed E-state index contributed by atoms with van der Waals surface area (Å²) in [4.78, 5) is 12.5. The fourth-order valence-corrected chi connectivity index (χ4v) is 2.75. The number of nitrogens with one attached hydrogen (secondary N) is 1. The van der Waals surface area contributed by atoms with Crippen molar-refractivity contribution in [2.75, 3.05) is 14.2 Å². The molecule has 0 aliphatic heterocycles. The third-order valence-electron chi connectivity index (χ3n) is 4.12. The Bertz CT molecular complexity index is 708. The second-order valence-electron chi connectivity index (χ2n) is 6.60. The first-order valence-electron chi connectivity index (χ1n) is 8.56. The number of carbonyl (C=O) groups is 1. The third-order valence-corrected chi connectivity index (χ3v) is 4.12. The zero-order valence-corrected chi connectivity index (χ0v) is 15.6. The van der Waals surface area contributed by atoms with E-state index < -0.39 is 0 Å². The highest BCUT2D eigenvalue weighted by molar-refractivity contribution is 5.95. The molecule has 2 aromatic carbocycles. The van der Waals surface area contributed by atoms with E-state index in [4.69, 9.17) is 9.47 Å². The van der Waals surface area contributed by atoms with Gasteiger partial charge in [-0.05, 0) is 48.6 Å². The average Bonchev–Trinajstić information content (AvgIpc) is 2.61. The molecular weight excluding hydrogens is 314 g/mol. The van der Waals surface area contributed by atoms with Crippen LogP contribution in [0.4, 0.5) is 0 Å². The summed E-state index contributed by atoms with van der Waals surface area (Å²) in [5.41, 5.74) is 2.94. The average molecular weight is 341 g/mol. The minimum Gasteiger partial charge on any atom is -0.493 e. The summed E-state index contributed by atoms with van der Waals surface area (Å²) in [5, 5.41) is 3.03. The van der Waals surface area contributed by atoms with Crippen LogP contribution in [0.2, 0.25) is 0 Å². The molecule has 0 saturated carbocycles. The Balaban J connectivity index is 2.06. The van der Waals surface area contributed by atoms with Crippen molar-refractivity contribution in [3.63, 3.8) is 0 Å². The molecule has 0 unspecified atom stereocenters. The number of ether oxygens (including phenoxy) is 2. The summed E-state index contributed by atoms with van der Waals surface area (Å²) in [6.45, 7) is 6.40. The van der Waals surface area contributed by atoms with Crippen molar-refractivity contribution in [2.24, 2.45) is 5.92 Å². The van der Waals surface area contributed by atoms with E-state index in [9.17, 15) is 4.79 Å². The first kappa shape index (κ1) is 18.8. The molecular formula is C21H27NO3. The van der Waals surface area contributed by atoms with E-state index in [1.165, 1.54) is 5.56 Å². The van der Waals surface area contributed by atoms with Crippen LogP contribution < -0.4 is 14.8 Å². The first-order valence-corrected chi connectivity index (χ1v) is 8.56. The highest BCUT2D eigenvalue weighted by Crippen LogP contribution is 2.27. The molecule has 0 radical (unpaired) electrons. The lowest BCUT2D eigenvalue weighted by Crippen LogP contribution is -2.26. The minimum absolute atomic E-state index is 0.0753. The van der Waals surface area contributed by atoms with Crippen LogP contribution in [0.15, 0.2) is 42.5 Å². The molecule has 1 atom stereocenters.